The molecule has 0 unspecified atom stereocenters. The molecule has 0 aliphatic heterocycles. The molecule has 0 spiro atoms. The number of ether oxygens (including phenoxy) is 3. The smallest absolute Gasteiger partial charge is 0.252 e. The largest absolute Gasteiger partial charge is 0.493 e. The molecule has 4 rings (SSSR count). The van der Waals surface area contributed by atoms with Gasteiger partial charge in [0.1, 0.15) is 0 Å². The van der Waals surface area contributed by atoms with Crippen molar-refractivity contribution in [1.29, 1.82) is 0 Å². The van der Waals surface area contributed by atoms with Crippen LogP contribution in [0.15, 0.2) is 52.2 Å². The van der Waals surface area contributed by atoms with E-state index in [1.54, 1.807) is 51.7 Å². The molecule has 3 N–H and O–H groups in total. The number of halogens is 1. The topological polar surface area (TPSA) is 127 Å². The summed E-state index contributed by atoms with van der Waals surface area (Å²) in [5.41, 5.74) is 3.92. The van der Waals surface area contributed by atoms with Gasteiger partial charge in [0.2, 0.25) is 5.75 Å². The van der Waals surface area contributed by atoms with E-state index in [9.17, 15) is 9.59 Å². The number of fused-ring (bicyclic) bond motifs is 3. The Morgan fingerprint density at radius 2 is 1.82 bits per heavy atom. The van der Waals surface area contributed by atoms with Crippen LogP contribution >= 0.6 is 34.4 Å². The highest BCUT2D eigenvalue weighted by Gasteiger charge is 2.30. The van der Waals surface area contributed by atoms with Gasteiger partial charge in [-0.1, -0.05) is 12.1 Å². The van der Waals surface area contributed by atoms with Gasteiger partial charge in [0, 0.05) is 9.13 Å². The summed E-state index contributed by atoms with van der Waals surface area (Å²) in [6, 6.07) is 11.8. The van der Waals surface area contributed by atoms with E-state index >= 15 is 0 Å². The number of hydrogen-bond donors (Lipinski definition) is 3. The van der Waals surface area contributed by atoms with Crippen LogP contribution in [-0.4, -0.2) is 49.3 Å². The fourth-order valence-corrected chi connectivity index (χ4v) is 5.87. The Morgan fingerprint density at radius 1 is 1.07 bits per heavy atom. The van der Waals surface area contributed by atoms with Gasteiger partial charge < -0.3 is 19.5 Å². The summed E-state index contributed by atoms with van der Waals surface area (Å²) in [4.78, 5) is 32.1. The number of carbonyl (C=O) groups excluding carboxylic acids is 1. The molecule has 40 heavy (non-hydrogen) atoms. The summed E-state index contributed by atoms with van der Waals surface area (Å²) >= 11 is 3.42. The van der Waals surface area contributed by atoms with E-state index in [1.807, 2.05) is 18.4 Å². The summed E-state index contributed by atoms with van der Waals surface area (Å²) in [7, 11) is 4.66. The third-order valence-corrected chi connectivity index (χ3v) is 8.37. The summed E-state index contributed by atoms with van der Waals surface area (Å²) in [5.74, 6) is 1.10. The van der Waals surface area contributed by atoms with E-state index in [-0.39, 0.29) is 23.3 Å². The van der Waals surface area contributed by atoms with Gasteiger partial charge in [-0.05, 0) is 94.3 Å². The third-order valence-electron chi connectivity index (χ3n) is 6.65. The van der Waals surface area contributed by atoms with E-state index in [0.29, 0.717) is 55.2 Å². The van der Waals surface area contributed by atoms with Crippen molar-refractivity contribution in [2.75, 3.05) is 27.6 Å². The molecule has 1 amide bonds. The van der Waals surface area contributed by atoms with Gasteiger partial charge in [0.15, 0.2) is 16.9 Å². The van der Waals surface area contributed by atoms with Crippen LogP contribution in [0.3, 0.4) is 0 Å². The maximum absolute atomic E-state index is 13.6. The Hall–Kier alpha value is -2.88. The monoisotopic (exact) mass is 680 g/mol. The van der Waals surface area contributed by atoms with Crippen LogP contribution in [0.5, 0.6) is 17.2 Å². The second kappa shape index (κ2) is 13.2. The molecular weight excluding hydrogens is 651 g/mol. The molecule has 0 heterocycles. The maximum atomic E-state index is 13.6. The predicted octanol–water partition coefficient (Wildman–Crippen LogP) is 5.00. The molecule has 12 heteroatoms. The van der Waals surface area contributed by atoms with Gasteiger partial charge in [0.05, 0.1) is 49.8 Å². The zero-order valence-corrected chi connectivity index (χ0v) is 25.3. The number of methoxy groups -OCH3 is 3. The van der Waals surface area contributed by atoms with Crippen molar-refractivity contribution < 1.29 is 34.3 Å². The molecule has 0 saturated carbocycles. The molecule has 212 valence electrons. The highest BCUT2D eigenvalue weighted by Crippen LogP contribution is 2.50. The lowest BCUT2D eigenvalue weighted by atomic mass is 9.95. The normalized spacial score (nSPS) is 14.2. The average molecular weight is 681 g/mol. The molecule has 0 saturated heterocycles. The van der Waals surface area contributed by atoms with E-state index in [2.05, 4.69) is 27.9 Å². The standard InChI is InChI=1S/C28H29IN2O8S/c1-36-23-12-16-6-9-21(30-28(33)19-11-15(5-8-20(19)29)14-39-31(34)35)18-13-22(32)24(40-4)10-7-17(18)25(16)27(38-3)26(23)37-2/h5,7-8,10-13,21,34-35H,6,9,14H2,1-4H3,(H,30,33)/t21-/m0/s1. The number of rotatable bonds is 9. The molecular formula is C28H29IN2O8S. The van der Waals surface area contributed by atoms with Crippen LogP contribution in [0.1, 0.15) is 39.5 Å². The van der Waals surface area contributed by atoms with Crippen LogP contribution in [0.2, 0.25) is 0 Å². The van der Waals surface area contributed by atoms with Crippen LogP contribution in [0, 0.1) is 3.57 Å². The number of carbonyl (C=O) groups is 1. The summed E-state index contributed by atoms with van der Waals surface area (Å²) in [6.07, 6.45) is 2.91. The molecule has 3 aromatic rings. The number of thioether (sulfide) groups is 1. The average Bonchev–Trinajstić information content (AvgIpc) is 3.19. The second-order valence-corrected chi connectivity index (χ2v) is 10.9. The summed E-state index contributed by atoms with van der Waals surface area (Å²) in [6.45, 7) is -0.151. The van der Waals surface area contributed by atoms with Crippen LogP contribution in [0.4, 0.5) is 0 Å². The number of nitrogens with zero attached hydrogens (tertiary/aromatic N) is 1. The Labute approximate surface area is 249 Å². The van der Waals surface area contributed by atoms with Gasteiger partial charge in [-0.3, -0.25) is 20.0 Å². The fraction of sp³-hybridized carbons (Fsp3) is 0.286. The SMILES string of the molecule is COc1cc2c(c(OC)c1OC)-c1ccc(SC)c(=O)cc1[C@@H](NC(=O)c1cc(CON(O)O)ccc1I)CC2. The Kier molecular flexibility index (Phi) is 9.92. The number of hydrogen-bond acceptors (Lipinski definition) is 10. The van der Waals surface area contributed by atoms with Crippen molar-refractivity contribution in [3.8, 4) is 28.4 Å². The zero-order chi connectivity index (χ0) is 29.0. The molecule has 1 aliphatic carbocycles. The molecule has 0 bridgehead atoms. The Balaban J connectivity index is 1.84. The van der Waals surface area contributed by atoms with Gasteiger partial charge >= 0.3 is 0 Å². The van der Waals surface area contributed by atoms with Gasteiger partial charge in [0.25, 0.3) is 5.91 Å². The molecule has 1 atom stereocenters. The van der Waals surface area contributed by atoms with Gasteiger partial charge in [-0.25, -0.2) is 4.84 Å². The minimum Gasteiger partial charge on any atom is -0.493 e. The third kappa shape index (κ3) is 6.21. The quantitative estimate of drug-likeness (QED) is 0.162. The molecule has 0 radical (unpaired) electrons. The molecule has 3 aromatic carbocycles. The number of benzene rings is 2. The minimum atomic E-state index is -0.507. The maximum Gasteiger partial charge on any atom is 0.252 e. The Morgan fingerprint density at radius 3 is 2.48 bits per heavy atom. The van der Waals surface area contributed by atoms with Crippen LogP contribution < -0.4 is 25.0 Å². The van der Waals surface area contributed by atoms with Crippen molar-refractivity contribution in [3.05, 3.63) is 78.5 Å². The van der Waals surface area contributed by atoms with E-state index in [4.69, 9.17) is 29.5 Å². The number of aryl methyl sites for hydroxylation is 1. The van der Waals surface area contributed by atoms with E-state index < -0.39 is 6.04 Å². The predicted molar refractivity (Wildman–Crippen MR) is 157 cm³/mol. The van der Waals surface area contributed by atoms with Crippen LogP contribution in [0.25, 0.3) is 11.1 Å². The lowest BCUT2D eigenvalue weighted by Crippen LogP contribution is -2.30. The first-order valence-corrected chi connectivity index (χ1v) is 14.5. The summed E-state index contributed by atoms with van der Waals surface area (Å²) in [5, 5.41) is 20.5. The van der Waals surface area contributed by atoms with Crippen molar-refractivity contribution >= 4 is 40.3 Å². The van der Waals surface area contributed by atoms with Crippen molar-refractivity contribution in [2.24, 2.45) is 0 Å². The van der Waals surface area contributed by atoms with Gasteiger partial charge in [-0.2, -0.15) is 0 Å². The van der Waals surface area contributed by atoms with Crippen molar-refractivity contribution in [1.82, 2.24) is 10.7 Å². The molecule has 0 fully saturated rings. The van der Waals surface area contributed by atoms with E-state index in [0.717, 1.165) is 16.7 Å². The second-order valence-electron chi connectivity index (χ2n) is 8.86. The first-order valence-electron chi connectivity index (χ1n) is 12.2. The van der Waals surface area contributed by atoms with Crippen molar-refractivity contribution in [2.45, 2.75) is 30.4 Å². The minimum absolute atomic E-state index is 0.151. The number of nitrogens with one attached hydrogen (secondary N) is 1. The molecule has 1 aliphatic rings. The number of amides is 1. The van der Waals surface area contributed by atoms with Gasteiger partial charge in [-0.15, -0.1) is 11.8 Å². The van der Waals surface area contributed by atoms with Crippen LogP contribution in [-0.2, 0) is 17.9 Å². The highest BCUT2D eigenvalue weighted by atomic mass is 127. The zero-order valence-electron chi connectivity index (χ0n) is 22.3. The molecule has 0 aromatic heterocycles. The van der Waals surface area contributed by atoms with E-state index in [1.165, 1.54) is 11.8 Å². The summed E-state index contributed by atoms with van der Waals surface area (Å²) < 4.78 is 17.8. The van der Waals surface area contributed by atoms with Crippen molar-refractivity contribution in [3.63, 3.8) is 0 Å². The lowest BCUT2D eigenvalue weighted by Gasteiger charge is -2.20. The Bertz CT molecular complexity index is 1480. The highest BCUT2D eigenvalue weighted by molar-refractivity contribution is 14.1. The molecule has 10 nitrogen and oxygen atoms in total. The first-order chi connectivity index (χ1) is 19.2. The lowest BCUT2D eigenvalue weighted by molar-refractivity contribution is -0.497. The first kappa shape index (κ1) is 30.1. The fourth-order valence-electron chi connectivity index (χ4n) is 4.82.